The van der Waals surface area contributed by atoms with Crippen molar-refractivity contribution in [2.45, 2.75) is 40.2 Å². The zero-order valence-corrected chi connectivity index (χ0v) is 14.0. The van der Waals surface area contributed by atoms with Gasteiger partial charge < -0.3 is 10.1 Å². The van der Waals surface area contributed by atoms with Gasteiger partial charge in [-0.2, -0.15) is 15.0 Å². The Bertz CT molecular complexity index is 619. The van der Waals surface area contributed by atoms with E-state index in [9.17, 15) is 0 Å². The molecule has 0 saturated heterocycles. The van der Waals surface area contributed by atoms with Crippen LogP contribution in [0.2, 0.25) is 5.28 Å². The number of aryl methyl sites for hydroxylation is 2. The third-order valence-electron chi connectivity index (χ3n) is 2.70. The van der Waals surface area contributed by atoms with Crippen molar-refractivity contribution in [1.82, 2.24) is 19.9 Å². The van der Waals surface area contributed by atoms with Crippen LogP contribution in [0.15, 0.2) is 0 Å². The molecule has 1 unspecified atom stereocenters. The third kappa shape index (κ3) is 4.25. The Hall–Kier alpha value is -1.47. The molecule has 0 spiro atoms. The summed E-state index contributed by atoms with van der Waals surface area (Å²) in [5.74, 6) is 0.402. The number of aromatic nitrogens is 4. The number of hydrogen-bond acceptors (Lipinski definition) is 7. The summed E-state index contributed by atoms with van der Waals surface area (Å²) in [6, 6.07) is 0.275. The lowest BCUT2D eigenvalue weighted by molar-refractivity contribution is 0.291. The highest BCUT2D eigenvalue weighted by Crippen LogP contribution is 2.27. The Morgan fingerprint density at radius 3 is 2.62 bits per heavy atom. The minimum Gasteiger partial charge on any atom is -0.463 e. The predicted octanol–water partition coefficient (Wildman–Crippen LogP) is 3.56. The quantitative estimate of drug-likeness (QED) is 0.874. The highest BCUT2D eigenvalue weighted by Gasteiger charge is 2.15. The van der Waals surface area contributed by atoms with E-state index in [0.717, 1.165) is 22.0 Å². The van der Waals surface area contributed by atoms with E-state index < -0.39 is 0 Å². The minimum absolute atomic E-state index is 0.0358. The standard InChI is InChI=1S/C13H18ClN5OS/c1-5-6-20-13-18-11(14)17-12(19-13)16-8(3)10-7(2)15-9(4)21-10/h8H,5-6H2,1-4H3,(H,16,17,18,19). The fourth-order valence-electron chi connectivity index (χ4n) is 1.86. The maximum atomic E-state index is 5.90. The molecule has 2 rings (SSSR count). The van der Waals surface area contributed by atoms with Crippen molar-refractivity contribution >= 4 is 28.9 Å². The number of nitrogens with one attached hydrogen (secondary N) is 1. The summed E-state index contributed by atoms with van der Waals surface area (Å²) in [6.45, 7) is 8.57. The summed E-state index contributed by atoms with van der Waals surface area (Å²) in [4.78, 5) is 17.8. The summed E-state index contributed by atoms with van der Waals surface area (Å²) >= 11 is 7.56. The second kappa shape index (κ2) is 7.00. The fourth-order valence-corrected chi connectivity index (χ4v) is 2.94. The topological polar surface area (TPSA) is 72.8 Å². The summed E-state index contributed by atoms with van der Waals surface area (Å²) in [5.41, 5.74) is 1.01. The molecule has 0 saturated carbocycles. The van der Waals surface area contributed by atoms with Crippen LogP contribution in [0.1, 0.15) is 41.9 Å². The first kappa shape index (κ1) is 15.9. The molecule has 6 nitrogen and oxygen atoms in total. The van der Waals surface area contributed by atoms with Crippen molar-refractivity contribution in [1.29, 1.82) is 0 Å². The molecule has 0 bridgehead atoms. The van der Waals surface area contributed by atoms with Gasteiger partial charge in [0, 0.05) is 4.88 Å². The van der Waals surface area contributed by atoms with E-state index in [1.54, 1.807) is 11.3 Å². The molecule has 0 radical (unpaired) electrons. The van der Waals surface area contributed by atoms with Crippen molar-refractivity contribution < 1.29 is 4.74 Å². The van der Waals surface area contributed by atoms with Gasteiger partial charge in [-0.3, -0.25) is 0 Å². The van der Waals surface area contributed by atoms with Crippen LogP contribution in [0, 0.1) is 13.8 Å². The first-order valence-corrected chi connectivity index (χ1v) is 7.94. The van der Waals surface area contributed by atoms with Crippen LogP contribution in [0.4, 0.5) is 5.95 Å². The van der Waals surface area contributed by atoms with Crippen LogP contribution >= 0.6 is 22.9 Å². The predicted molar refractivity (Wildman–Crippen MR) is 84.2 cm³/mol. The molecule has 1 N–H and O–H groups in total. The molecule has 21 heavy (non-hydrogen) atoms. The van der Waals surface area contributed by atoms with Gasteiger partial charge in [-0.15, -0.1) is 11.3 Å². The molecule has 114 valence electrons. The van der Waals surface area contributed by atoms with Gasteiger partial charge in [0.15, 0.2) is 0 Å². The summed E-state index contributed by atoms with van der Waals surface area (Å²) in [5, 5.41) is 4.37. The van der Waals surface area contributed by atoms with Gasteiger partial charge >= 0.3 is 6.01 Å². The van der Waals surface area contributed by atoms with Gasteiger partial charge in [0.1, 0.15) is 0 Å². The molecule has 0 fully saturated rings. The van der Waals surface area contributed by atoms with E-state index in [2.05, 4.69) is 25.3 Å². The Kier molecular flexibility index (Phi) is 5.30. The first-order chi connectivity index (χ1) is 9.99. The van der Waals surface area contributed by atoms with E-state index in [-0.39, 0.29) is 17.3 Å². The van der Waals surface area contributed by atoms with Gasteiger partial charge in [0.2, 0.25) is 11.2 Å². The Labute approximate surface area is 133 Å². The molecule has 0 aromatic carbocycles. The summed E-state index contributed by atoms with van der Waals surface area (Å²) in [7, 11) is 0. The molecular weight excluding hydrogens is 310 g/mol. The van der Waals surface area contributed by atoms with Crippen molar-refractivity contribution in [2.75, 3.05) is 11.9 Å². The first-order valence-electron chi connectivity index (χ1n) is 6.74. The summed E-state index contributed by atoms with van der Waals surface area (Å²) < 4.78 is 5.40. The molecule has 2 aromatic rings. The van der Waals surface area contributed by atoms with Crippen molar-refractivity contribution in [2.24, 2.45) is 0 Å². The maximum absolute atomic E-state index is 5.90. The van der Waals surface area contributed by atoms with Crippen LogP contribution in [-0.2, 0) is 0 Å². The number of ether oxygens (including phenoxy) is 1. The van der Waals surface area contributed by atoms with E-state index in [1.807, 2.05) is 27.7 Å². The molecule has 0 aliphatic heterocycles. The van der Waals surface area contributed by atoms with E-state index >= 15 is 0 Å². The SMILES string of the molecule is CCCOc1nc(Cl)nc(NC(C)c2sc(C)nc2C)n1. The number of hydrogen-bond donors (Lipinski definition) is 1. The second-order valence-electron chi connectivity index (χ2n) is 4.61. The van der Waals surface area contributed by atoms with Gasteiger partial charge in [-0.1, -0.05) is 6.92 Å². The number of thiazole rings is 1. The largest absolute Gasteiger partial charge is 0.463 e. The zero-order chi connectivity index (χ0) is 15.4. The zero-order valence-electron chi connectivity index (χ0n) is 12.5. The number of rotatable bonds is 6. The van der Waals surface area contributed by atoms with E-state index in [1.165, 1.54) is 0 Å². The molecule has 0 aliphatic carbocycles. The summed E-state index contributed by atoms with van der Waals surface area (Å²) in [6.07, 6.45) is 0.877. The molecule has 2 aromatic heterocycles. The van der Waals surface area contributed by atoms with Crippen LogP contribution < -0.4 is 10.1 Å². The molecular formula is C13H18ClN5OS. The molecule has 2 heterocycles. The molecule has 0 aliphatic rings. The Morgan fingerprint density at radius 2 is 2.00 bits per heavy atom. The van der Waals surface area contributed by atoms with Gasteiger partial charge in [-0.05, 0) is 38.8 Å². The molecule has 0 amide bonds. The smallest absolute Gasteiger partial charge is 0.322 e. The van der Waals surface area contributed by atoms with E-state index in [0.29, 0.717) is 12.6 Å². The molecule has 8 heteroatoms. The highest BCUT2D eigenvalue weighted by molar-refractivity contribution is 7.11. The maximum Gasteiger partial charge on any atom is 0.322 e. The van der Waals surface area contributed by atoms with Crippen LogP contribution in [0.3, 0.4) is 0 Å². The Morgan fingerprint density at radius 1 is 1.24 bits per heavy atom. The molecule has 1 atom stereocenters. The minimum atomic E-state index is 0.0358. The van der Waals surface area contributed by atoms with Crippen LogP contribution in [-0.4, -0.2) is 26.5 Å². The van der Waals surface area contributed by atoms with Crippen molar-refractivity contribution in [3.63, 3.8) is 0 Å². The number of anilines is 1. The lowest BCUT2D eigenvalue weighted by Crippen LogP contribution is -2.11. The van der Waals surface area contributed by atoms with Crippen LogP contribution in [0.5, 0.6) is 6.01 Å². The monoisotopic (exact) mass is 327 g/mol. The van der Waals surface area contributed by atoms with Gasteiger partial charge in [0.25, 0.3) is 0 Å². The normalized spacial score (nSPS) is 12.2. The lowest BCUT2D eigenvalue weighted by atomic mass is 10.2. The average molecular weight is 328 g/mol. The Balaban J connectivity index is 2.14. The fraction of sp³-hybridized carbons (Fsp3) is 0.538. The van der Waals surface area contributed by atoms with E-state index in [4.69, 9.17) is 16.3 Å². The van der Waals surface area contributed by atoms with Gasteiger partial charge in [0.05, 0.1) is 23.4 Å². The average Bonchev–Trinajstić information content (AvgIpc) is 2.75. The number of nitrogens with zero attached hydrogens (tertiary/aromatic N) is 4. The third-order valence-corrected chi connectivity index (χ3v) is 4.13. The van der Waals surface area contributed by atoms with Crippen LogP contribution in [0.25, 0.3) is 0 Å². The number of halogens is 1. The van der Waals surface area contributed by atoms with Gasteiger partial charge in [-0.25, -0.2) is 4.98 Å². The van der Waals surface area contributed by atoms with Crippen molar-refractivity contribution in [3.05, 3.63) is 20.9 Å². The van der Waals surface area contributed by atoms with Crippen molar-refractivity contribution in [3.8, 4) is 6.01 Å². The second-order valence-corrected chi connectivity index (χ2v) is 6.18. The highest BCUT2D eigenvalue weighted by atomic mass is 35.5. The lowest BCUT2D eigenvalue weighted by Gasteiger charge is -2.13.